The number of nitrogens with one attached hydrogen (secondary N) is 4. The average Bonchev–Trinajstić information content (AvgIpc) is 3.07. The summed E-state index contributed by atoms with van der Waals surface area (Å²) in [5.41, 5.74) is 0.364. The van der Waals surface area contributed by atoms with Crippen molar-refractivity contribution < 1.29 is 55.1 Å². The van der Waals surface area contributed by atoms with Crippen LogP contribution >= 0.6 is 11.6 Å². The Hall–Kier alpha value is -5.12. The Kier molecular flexibility index (Phi) is 13.6. The summed E-state index contributed by atoms with van der Waals surface area (Å²) in [4.78, 5) is 65.6. The van der Waals surface area contributed by atoms with E-state index in [0.717, 1.165) is 17.4 Å². The maximum absolute atomic E-state index is 14.9. The fourth-order valence-corrected chi connectivity index (χ4v) is 4.88. The average molecular weight is 743 g/mol. The quantitative estimate of drug-likeness (QED) is 0.131. The number of carbonyl (C=O) groups excluding carboxylic acids is 5. The molecule has 17 heteroatoms. The third kappa shape index (κ3) is 11.5. The minimum atomic E-state index is -5.05. The van der Waals surface area contributed by atoms with E-state index in [4.69, 9.17) is 16.3 Å². The van der Waals surface area contributed by atoms with Gasteiger partial charge in [-0.25, -0.2) is 4.39 Å². The number of hydrogen-bond acceptors (Lipinski definition) is 6. The third-order valence-corrected chi connectivity index (χ3v) is 7.56. The first-order chi connectivity index (χ1) is 23.8. The lowest BCUT2D eigenvalue weighted by atomic mass is 9.94. The molecule has 3 atom stereocenters. The van der Waals surface area contributed by atoms with Gasteiger partial charge >= 0.3 is 12.1 Å². The van der Waals surface area contributed by atoms with Crippen LogP contribution in [-0.4, -0.2) is 67.2 Å². The topological polar surface area (TPSA) is 143 Å². The predicted octanol–water partition coefficient (Wildman–Crippen LogP) is 4.71. The maximum Gasteiger partial charge on any atom is 0.405 e. The zero-order valence-electron chi connectivity index (χ0n) is 27.2. The van der Waals surface area contributed by atoms with Crippen molar-refractivity contribution in [2.24, 2.45) is 5.92 Å². The lowest BCUT2D eigenvalue weighted by Crippen LogP contribution is -2.58. The van der Waals surface area contributed by atoms with E-state index in [1.807, 2.05) is 0 Å². The van der Waals surface area contributed by atoms with Gasteiger partial charge in [-0.15, -0.1) is 0 Å². The van der Waals surface area contributed by atoms with Gasteiger partial charge in [-0.3, -0.25) is 24.0 Å². The summed E-state index contributed by atoms with van der Waals surface area (Å²) in [7, 11) is 1.35. The normalized spacial score (nSPS) is 13.4. The smallest absolute Gasteiger partial charge is 0.405 e. The highest BCUT2D eigenvalue weighted by molar-refractivity contribution is 6.31. The van der Waals surface area contributed by atoms with Crippen LogP contribution in [0.25, 0.3) is 0 Å². The summed E-state index contributed by atoms with van der Waals surface area (Å²) in [6, 6.07) is 11.0. The molecular formula is C34H33ClF6N4O6. The second kappa shape index (κ2) is 17.2. The molecule has 10 nitrogen and oxygen atoms in total. The van der Waals surface area contributed by atoms with Crippen LogP contribution in [0, 0.1) is 11.7 Å². The summed E-state index contributed by atoms with van der Waals surface area (Å²) < 4.78 is 86.5. The molecule has 274 valence electrons. The van der Waals surface area contributed by atoms with Gasteiger partial charge in [0.05, 0.1) is 13.2 Å². The van der Waals surface area contributed by atoms with Crippen molar-refractivity contribution >= 4 is 41.0 Å². The highest BCUT2D eigenvalue weighted by atomic mass is 35.5. The molecule has 0 aliphatic heterocycles. The van der Waals surface area contributed by atoms with E-state index in [1.54, 1.807) is 0 Å². The lowest BCUT2D eigenvalue weighted by molar-refractivity contribution is -0.165. The monoisotopic (exact) mass is 742 g/mol. The minimum Gasteiger partial charge on any atom is -0.497 e. The number of hydrogen-bond donors (Lipinski definition) is 4. The van der Waals surface area contributed by atoms with E-state index < -0.39 is 77.9 Å². The van der Waals surface area contributed by atoms with Crippen molar-refractivity contribution in [1.82, 2.24) is 21.3 Å². The van der Waals surface area contributed by atoms with Crippen LogP contribution in [0.5, 0.6) is 5.75 Å². The van der Waals surface area contributed by atoms with E-state index >= 15 is 0 Å². The second-order valence-electron chi connectivity index (χ2n) is 11.6. The summed E-state index contributed by atoms with van der Waals surface area (Å²) in [5, 5.41) is 8.19. The molecule has 0 aliphatic carbocycles. The molecule has 3 unspecified atom stereocenters. The van der Waals surface area contributed by atoms with Crippen molar-refractivity contribution in [3.8, 4) is 5.75 Å². The number of amides is 4. The van der Waals surface area contributed by atoms with Crippen LogP contribution < -0.4 is 26.0 Å². The van der Waals surface area contributed by atoms with Gasteiger partial charge in [-0.2, -0.15) is 22.0 Å². The Morgan fingerprint density at radius 1 is 0.824 bits per heavy atom. The van der Waals surface area contributed by atoms with Gasteiger partial charge in [0.1, 0.15) is 30.2 Å². The highest BCUT2D eigenvalue weighted by Gasteiger charge is 2.52. The molecule has 0 aromatic heterocycles. The van der Waals surface area contributed by atoms with Gasteiger partial charge < -0.3 is 26.0 Å². The zero-order valence-corrected chi connectivity index (χ0v) is 28.0. The van der Waals surface area contributed by atoms with E-state index in [1.165, 1.54) is 81.6 Å². The molecule has 4 amide bonds. The molecule has 4 N–H and O–H groups in total. The van der Waals surface area contributed by atoms with E-state index in [0.29, 0.717) is 5.75 Å². The molecule has 3 aromatic rings. The number of ether oxygens (including phenoxy) is 1. The second-order valence-corrected chi connectivity index (χ2v) is 12.0. The molecule has 3 aromatic carbocycles. The van der Waals surface area contributed by atoms with Gasteiger partial charge in [0.15, 0.2) is 0 Å². The van der Waals surface area contributed by atoms with Gasteiger partial charge in [0, 0.05) is 17.0 Å². The summed E-state index contributed by atoms with van der Waals surface area (Å²) >= 11 is 6.00. The van der Waals surface area contributed by atoms with Crippen molar-refractivity contribution in [2.75, 3.05) is 13.7 Å². The number of alkyl halides is 5. The maximum atomic E-state index is 14.9. The van der Waals surface area contributed by atoms with Crippen LogP contribution in [0.3, 0.4) is 0 Å². The molecule has 51 heavy (non-hydrogen) atoms. The van der Waals surface area contributed by atoms with Crippen molar-refractivity contribution in [1.29, 1.82) is 0 Å². The molecule has 0 aliphatic rings. The number of rotatable bonds is 15. The number of benzene rings is 3. The van der Waals surface area contributed by atoms with Gasteiger partial charge in [-0.1, -0.05) is 55.8 Å². The highest BCUT2D eigenvalue weighted by Crippen LogP contribution is 2.24. The first-order valence-electron chi connectivity index (χ1n) is 15.1. The molecule has 0 saturated heterocycles. The van der Waals surface area contributed by atoms with Gasteiger partial charge in [-0.05, 0) is 59.5 Å². The molecule has 0 bridgehead atoms. The molecule has 3 rings (SSSR count). The molecule has 0 saturated carbocycles. The Bertz CT molecular complexity index is 1740. The number of carbonyl (C=O) groups is 5. The van der Waals surface area contributed by atoms with Crippen molar-refractivity contribution in [2.45, 2.75) is 50.5 Å². The number of halogens is 7. The summed E-state index contributed by atoms with van der Waals surface area (Å²) in [5.74, 6) is -14.2. The first kappa shape index (κ1) is 40.3. The molecule has 0 spiro atoms. The van der Waals surface area contributed by atoms with E-state index in [-0.39, 0.29) is 28.1 Å². The number of ketones is 1. The van der Waals surface area contributed by atoms with Gasteiger partial charge in [0.2, 0.25) is 17.6 Å². The molecule has 0 heterocycles. The molecule has 0 fully saturated rings. The summed E-state index contributed by atoms with van der Waals surface area (Å²) in [6.45, 7) is 0.325. The van der Waals surface area contributed by atoms with Gasteiger partial charge in [0.25, 0.3) is 11.8 Å². The minimum absolute atomic E-state index is 0.0389. The fourth-order valence-electron chi connectivity index (χ4n) is 4.69. The summed E-state index contributed by atoms with van der Waals surface area (Å²) in [6.07, 6.45) is -5.34. The van der Waals surface area contributed by atoms with Crippen molar-refractivity contribution in [3.05, 3.63) is 100 Å². The van der Waals surface area contributed by atoms with Crippen LogP contribution in [0.1, 0.15) is 41.4 Å². The fraction of sp³-hybridized carbons (Fsp3) is 0.324. The molecular weight excluding hydrogens is 710 g/mol. The SMILES string of the molecule is COc1ccc(C(NC(=O)C(Cc2cccc(F)c2)NC(=O)c2cccc(Cl)c2)C(=O)NC(C(=O)C(F)(F)C(=O)NCC(F)(F)F)C(C)C)cc1. The standard InChI is InChI=1S/C34H33ClF6N4O6/c1-18(2)26(28(46)34(40,41)32(50)42-17-33(37,38)39)44-31(49)27(20-10-12-24(51-3)13-11-20)45-30(48)25(15-19-6-4-9-23(36)14-19)43-29(47)21-7-5-8-22(35)16-21/h4-14,16,18,25-27H,15,17H2,1-3H3,(H,42,50)(H,43,47)(H,44,49)(H,45,48). The zero-order chi connectivity index (χ0) is 38.1. The van der Waals surface area contributed by atoms with Crippen molar-refractivity contribution in [3.63, 3.8) is 0 Å². The number of methoxy groups -OCH3 is 1. The van der Waals surface area contributed by atoms with Crippen LogP contribution in [0.4, 0.5) is 26.3 Å². The Morgan fingerprint density at radius 2 is 1.47 bits per heavy atom. The largest absolute Gasteiger partial charge is 0.497 e. The van der Waals surface area contributed by atoms with E-state index in [9.17, 15) is 50.3 Å². The Labute approximate surface area is 293 Å². The Balaban J connectivity index is 1.97. The van der Waals surface area contributed by atoms with Crippen LogP contribution in [0.15, 0.2) is 72.8 Å². The number of Topliss-reactive ketones (excluding diaryl/α,β-unsaturated/α-hetero) is 1. The predicted molar refractivity (Wildman–Crippen MR) is 172 cm³/mol. The van der Waals surface area contributed by atoms with E-state index in [2.05, 4.69) is 16.0 Å². The van der Waals surface area contributed by atoms with Crippen LogP contribution in [-0.2, 0) is 25.6 Å². The van der Waals surface area contributed by atoms with Crippen LogP contribution in [0.2, 0.25) is 5.02 Å². The lowest BCUT2D eigenvalue weighted by Gasteiger charge is -2.28. The first-order valence-corrected chi connectivity index (χ1v) is 15.5. The third-order valence-electron chi connectivity index (χ3n) is 7.33. The molecule has 0 radical (unpaired) electrons. The Morgan fingerprint density at radius 3 is 2.04 bits per heavy atom.